The summed E-state index contributed by atoms with van der Waals surface area (Å²) in [6.45, 7) is 0. The van der Waals surface area contributed by atoms with Gasteiger partial charge in [-0.1, -0.05) is 30.3 Å². The molecule has 0 saturated heterocycles. The molecular formula is C12H15NOS. The van der Waals surface area contributed by atoms with Crippen LogP contribution < -0.4 is 0 Å². The molecule has 0 heterocycles. The molecule has 0 aromatic heterocycles. The van der Waals surface area contributed by atoms with Gasteiger partial charge in [0.1, 0.15) is 0 Å². The van der Waals surface area contributed by atoms with Crippen LogP contribution in [0.2, 0.25) is 0 Å². The molecule has 80 valence electrons. The Balaban J connectivity index is 2.17. The topological polar surface area (TPSA) is 40.9 Å². The summed E-state index contributed by atoms with van der Waals surface area (Å²) >= 11 is 0. The Bertz CT molecular complexity index is 342. The highest BCUT2D eigenvalue weighted by Gasteiger charge is 1.99. The molecule has 1 rings (SSSR count). The fraction of sp³-hybridized carbons (Fsp3) is 0.417. The maximum absolute atomic E-state index is 11.4. The molecule has 0 aliphatic heterocycles. The molecule has 2 nitrogen and oxygen atoms in total. The fourth-order valence-electron chi connectivity index (χ4n) is 1.34. The van der Waals surface area contributed by atoms with Gasteiger partial charge in [-0.2, -0.15) is 5.26 Å². The molecule has 1 unspecified atom stereocenters. The zero-order valence-corrected chi connectivity index (χ0v) is 9.50. The molecule has 0 amide bonds. The van der Waals surface area contributed by atoms with E-state index >= 15 is 0 Å². The van der Waals surface area contributed by atoms with Crippen molar-refractivity contribution in [2.75, 3.05) is 11.5 Å². The van der Waals surface area contributed by atoms with Crippen LogP contribution in [0.1, 0.15) is 18.4 Å². The Kier molecular flexibility index (Phi) is 5.72. The van der Waals surface area contributed by atoms with Crippen molar-refractivity contribution >= 4 is 10.8 Å². The van der Waals surface area contributed by atoms with Gasteiger partial charge in [-0.25, -0.2) is 0 Å². The van der Waals surface area contributed by atoms with E-state index in [-0.39, 0.29) is 0 Å². The molecule has 0 saturated carbocycles. The summed E-state index contributed by atoms with van der Waals surface area (Å²) < 4.78 is 11.4. The Morgan fingerprint density at radius 2 is 1.93 bits per heavy atom. The predicted molar refractivity (Wildman–Crippen MR) is 62.9 cm³/mol. The van der Waals surface area contributed by atoms with Crippen LogP contribution >= 0.6 is 0 Å². The lowest BCUT2D eigenvalue weighted by Gasteiger charge is -2.00. The third kappa shape index (κ3) is 5.34. The van der Waals surface area contributed by atoms with Gasteiger partial charge in [0, 0.05) is 28.7 Å². The average molecular weight is 221 g/mol. The maximum atomic E-state index is 11.4. The smallest absolute Gasteiger partial charge is 0.0631 e. The standard InChI is InChI=1S/C12H15NOS/c13-9-5-11-15(14)10-4-8-12-6-2-1-3-7-12/h1-3,6-7H,4-5,8,10-11H2. The van der Waals surface area contributed by atoms with E-state index in [1.54, 1.807) is 0 Å². The zero-order chi connectivity index (χ0) is 10.9. The first-order chi connectivity index (χ1) is 7.33. The largest absolute Gasteiger partial charge is 0.260 e. The lowest BCUT2D eigenvalue weighted by atomic mass is 10.1. The Hall–Kier alpha value is -1.14. The van der Waals surface area contributed by atoms with Gasteiger partial charge in [0.2, 0.25) is 0 Å². The molecule has 0 aliphatic rings. The van der Waals surface area contributed by atoms with Crippen molar-refractivity contribution < 1.29 is 4.21 Å². The Morgan fingerprint density at radius 3 is 2.60 bits per heavy atom. The van der Waals surface area contributed by atoms with Crippen molar-refractivity contribution in [3.8, 4) is 6.07 Å². The summed E-state index contributed by atoms with van der Waals surface area (Å²) in [7, 11) is -0.816. The molecular weight excluding hydrogens is 206 g/mol. The molecule has 0 bridgehead atoms. The van der Waals surface area contributed by atoms with Crippen LogP contribution in [0.25, 0.3) is 0 Å². The molecule has 1 atom stereocenters. The van der Waals surface area contributed by atoms with Crippen LogP contribution in [0, 0.1) is 11.3 Å². The molecule has 0 fully saturated rings. The van der Waals surface area contributed by atoms with Crippen molar-refractivity contribution in [2.45, 2.75) is 19.3 Å². The number of nitrogens with zero attached hydrogens (tertiary/aromatic N) is 1. The Morgan fingerprint density at radius 1 is 1.20 bits per heavy atom. The van der Waals surface area contributed by atoms with E-state index in [4.69, 9.17) is 5.26 Å². The van der Waals surface area contributed by atoms with Gasteiger partial charge in [0.15, 0.2) is 0 Å². The number of rotatable bonds is 6. The van der Waals surface area contributed by atoms with Gasteiger partial charge in [0.25, 0.3) is 0 Å². The third-order valence-corrected chi connectivity index (χ3v) is 3.53. The molecule has 15 heavy (non-hydrogen) atoms. The number of hydrogen-bond donors (Lipinski definition) is 0. The van der Waals surface area contributed by atoms with Gasteiger partial charge in [0.05, 0.1) is 6.07 Å². The van der Waals surface area contributed by atoms with E-state index in [9.17, 15) is 4.21 Å². The molecule has 0 radical (unpaired) electrons. The molecule has 1 aromatic rings. The summed E-state index contributed by atoms with van der Waals surface area (Å²) in [5, 5.41) is 8.33. The summed E-state index contributed by atoms with van der Waals surface area (Å²) in [6, 6.07) is 12.2. The van der Waals surface area contributed by atoms with Crippen LogP contribution in [-0.4, -0.2) is 15.7 Å². The van der Waals surface area contributed by atoms with E-state index in [1.165, 1.54) is 5.56 Å². The normalized spacial score (nSPS) is 11.9. The number of hydrogen-bond acceptors (Lipinski definition) is 2. The lowest BCUT2D eigenvalue weighted by Crippen LogP contribution is -2.03. The van der Waals surface area contributed by atoms with Crippen molar-refractivity contribution in [1.82, 2.24) is 0 Å². The number of benzene rings is 1. The van der Waals surface area contributed by atoms with Gasteiger partial charge < -0.3 is 0 Å². The van der Waals surface area contributed by atoms with Crippen LogP contribution in [0.3, 0.4) is 0 Å². The lowest BCUT2D eigenvalue weighted by molar-refractivity contribution is 0.680. The van der Waals surface area contributed by atoms with Gasteiger partial charge in [-0.05, 0) is 18.4 Å². The zero-order valence-electron chi connectivity index (χ0n) is 8.69. The minimum Gasteiger partial charge on any atom is -0.260 e. The Labute approximate surface area is 93.4 Å². The summed E-state index contributed by atoms with van der Waals surface area (Å²) in [4.78, 5) is 0. The first kappa shape index (κ1) is 11.9. The third-order valence-electron chi connectivity index (χ3n) is 2.12. The summed E-state index contributed by atoms with van der Waals surface area (Å²) in [5.74, 6) is 1.22. The van der Waals surface area contributed by atoms with Gasteiger partial charge in [-0.15, -0.1) is 0 Å². The van der Waals surface area contributed by atoms with Crippen molar-refractivity contribution in [3.63, 3.8) is 0 Å². The first-order valence-electron chi connectivity index (χ1n) is 5.09. The first-order valence-corrected chi connectivity index (χ1v) is 6.57. The van der Waals surface area contributed by atoms with E-state index < -0.39 is 10.8 Å². The number of nitriles is 1. The van der Waals surface area contributed by atoms with Crippen LogP contribution in [0.4, 0.5) is 0 Å². The molecule has 0 spiro atoms. The van der Waals surface area contributed by atoms with Crippen LogP contribution in [0.5, 0.6) is 0 Å². The van der Waals surface area contributed by atoms with Crippen LogP contribution in [-0.2, 0) is 17.2 Å². The predicted octanol–water partition coefficient (Wildman–Crippen LogP) is 2.28. The monoisotopic (exact) mass is 221 g/mol. The van der Waals surface area contributed by atoms with E-state index in [0.29, 0.717) is 17.9 Å². The van der Waals surface area contributed by atoms with Crippen molar-refractivity contribution in [3.05, 3.63) is 35.9 Å². The highest BCUT2D eigenvalue weighted by atomic mass is 32.2. The second-order valence-electron chi connectivity index (χ2n) is 3.35. The minimum absolute atomic E-state index is 0.401. The molecule has 0 aliphatic carbocycles. The van der Waals surface area contributed by atoms with Crippen molar-refractivity contribution in [1.29, 1.82) is 5.26 Å². The maximum Gasteiger partial charge on any atom is 0.0631 e. The van der Waals surface area contributed by atoms with Gasteiger partial charge in [-0.3, -0.25) is 4.21 Å². The van der Waals surface area contributed by atoms with E-state index in [0.717, 1.165) is 12.8 Å². The minimum atomic E-state index is -0.816. The highest BCUT2D eigenvalue weighted by Crippen LogP contribution is 2.03. The van der Waals surface area contributed by atoms with Crippen LogP contribution in [0.15, 0.2) is 30.3 Å². The fourth-order valence-corrected chi connectivity index (χ4v) is 2.33. The molecule has 1 aromatic carbocycles. The molecule has 0 N–H and O–H groups in total. The average Bonchev–Trinajstić information content (AvgIpc) is 2.28. The quantitative estimate of drug-likeness (QED) is 0.739. The number of aryl methyl sites for hydroxylation is 1. The van der Waals surface area contributed by atoms with E-state index in [2.05, 4.69) is 12.1 Å². The second kappa shape index (κ2) is 7.19. The highest BCUT2D eigenvalue weighted by molar-refractivity contribution is 7.84. The SMILES string of the molecule is N#CCCS(=O)CCCc1ccccc1. The second-order valence-corrected chi connectivity index (χ2v) is 5.04. The summed E-state index contributed by atoms with van der Waals surface area (Å²) in [6.07, 6.45) is 2.30. The molecule has 3 heteroatoms. The van der Waals surface area contributed by atoms with Crippen molar-refractivity contribution in [2.24, 2.45) is 0 Å². The van der Waals surface area contributed by atoms with Gasteiger partial charge >= 0.3 is 0 Å². The van der Waals surface area contributed by atoms with E-state index in [1.807, 2.05) is 24.3 Å². The summed E-state index contributed by atoms with van der Waals surface area (Å²) in [5.41, 5.74) is 1.29.